The van der Waals surface area contributed by atoms with E-state index in [2.05, 4.69) is 33.2 Å². The third kappa shape index (κ3) is 4.85. The topological polar surface area (TPSA) is 24.9 Å². The molecule has 1 aromatic heterocycles. The lowest BCUT2D eigenvalue weighted by atomic mass is 10.1. The van der Waals surface area contributed by atoms with Crippen molar-refractivity contribution in [3.63, 3.8) is 0 Å². The maximum atomic E-state index is 4.34. The van der Waals surface area contributed by atoms with E-state index in [0.717, 1.165) is 15.3 Å². The fourth-order valence-corrected chi connectivity index (χ4v) is 2.97. The van der Waals surface area contributed by atoms with Gasteiger partial charge in [0.25, 0.3) is 0 Å². The number of rotatable bonds is 7. The lowest BCUT2D eigenvalue weighted by Gasteiger charge is -2.12. The first-order valence-electron chi connectivity index (χ1n) is 5.68. The average molecular weight is 303 g/mol. The van der Waals surface area contributed by atoms with Gasteiger partial charge in [0, 0.05) is 16.7 Å². The highest BCUT2D eigenvalue weighted by molar-refractivity contribution is 9.10. The number of nitrogens with zero attached hydrogens (tertiary/aromatic N) is 1. The summed E-state index contributed by atoms with van der Waals surface area (Å²) in [5, 5.41) is 4.42. The van der Waals surface area contributed by atoms with Crippen LogP contribution in [0.25, 0.3) is 0 Å². The zero-order valence-corrected chi connectivity index (χ0v) is 12.3. The van der Waals surface area contributed by atoms with Gasteiger partial charge in [-0.3, -0.25) is 0 Å². The van der Waals surface area contributed by atoms with Crippen LogP contribution in [-0.2, 0) is 0 Å². The molecule has 1 unspecified atom stereocenters. The molecule has 1 aromatic rings. The van der Waals surface area contributed by atoms with Gasteiger partial charge >= 0.3 is 0 Å². The first-order chi connectivity index (χ1) is 7.77. The van der Waals surface area contributed by atoms with Crippen molar-refractivity contribution in [1.82, 2.24) is 10.3 Å². The first kappa shape index (κ1) is 14.0. The van der Waals surface area contributed by atoms with E-state index in [1.807, 2.05) is 37.1 Å². The summed E-state index contributed by atoms with van der Waals surface area (Å²) in [5.74, 6) is 1.13. The maximum absolute atomic E-state index is 4.34. The number of pyridine rings is 1. The molecule has 2 nitrogen and oxygen atoms in total. The molecule has 90 valence electrons. The second-order valence-electron chi connectivity index (χ2n) is 3.67. The van der Waals surface area contributed by atoms with Gasteiger partial charge in [-0.05, 0) is 60.1 Å². The van der Waals surface area contributed by atoms with Gasteiger partial charge in [0.15, 0.2) is 0 Å². The van der Waals surface area contributed by atoms with Crippen molar-refractivity contribution in [2.75, 3.05) is 12.8 Å². The van der Waals surface area contributed by atoms with E-state index in [1.54, 1.807) is 0 Å². The van der Waals surface area contributed by atoms with E-state index < -0.39 is 0 Å². The minimum atomic E-state index is 0.660. The summed E-state index contributed by atoms with van der Waals surface area (Å²) in [7, 11) is 2.04. The molecule has 0 aromatic carbocycles. The van der Waals surface area contributed by atoms with E-state index in [9.17, 15) is 0 Å². The summed E-state index contributed by atoms with van der Waals surface area (Å²) in [6.07, 6.45) is 5.52. The van der Waals surface area contributed by atoms with Crippen LogP contribution in [0.1, 0.15) is 26.2 Å². The van der Waals surface area contributed by atoms with Gasteiger partial charge in [0.2, 0.25) is 0 Å². The van der Waals surface area contributed by atoms with Crippen molar-refractivity contribution in [2.45, 2.75) is 37.3 Å². The van der Waals surface area contributed by atoms with E-state index >= 15 is 0 Å². The number of aromatic nitrogens is 1. The molecule has 0 radical (unpaired) electrons. The summed E-state index contributed by atoms with van der Waals surface area (Å²) in [6, 6.07) is 4.65. The van der Waals surface area contributed by atoms with Crippen molar-refractivity contribution < 1.29 is 0 Å². The number of halogens is 1. The van der Waals surface area contributed by atoms with Gasteiger partial charge in [-0.2, -0.15) is 0 Å². The normalized spacial score (nSPS) is 12.7. The van der Waals surface area contributed by atoms with Crippen LogP contribution in [0.2, 0.25) is 0 Å². The Labute approximate surface area is 111 Å². The Hall–Kier alpha value is -0.0600. The smallest absolute Gasteiger partial charge is 0.110 e. The molecular weight excluding hydrogens is 284 g/mol. The predicted octanol–water partition coefficient (Wildman–Crippen LogP) is 3.71. The number of hydrogen-bond acceptors (Lipinski definition) is 3. The first-order valence-corrected chi connectivity index (χ1v) is 7.46. The number of nitrogens with one attached hydrogen (secondary N) is 1. The van der Waals surface area contributed by atoms with Gasteiger partial charge in [-0.1, -0.05) is 6.92 Å². The highest BCUT2D eigenvalue weighted by atomic mass is 79.9. The minimum absolute atomic E-state index is 0.660. The van der Waals surface area contributed by atoms with Gasteiger partial charge < -0.3 is 5.32 Å². The standard InChI is InChI=1S/C12H19BrN2S/c1-3-10(14-2)6-5-9-16-12-11(13)7-4-8-15-12/h4,7-8,10,14H,3,5-6,9H2,1-2H3. The van der Waals surface area contributed by atoms with Crippen molar-refractivity contribution in [1.29, 1.82) is 0 Å². The van der Waals surface area contributed by atoms with Crippen molar-refractivity contribution in [3.05, 3.63) is 22.8 Å². The second kappa shape index (κ2) is 8.09. The Morgan fingerprint density at radius 3 is 3.00 bits per heavy atom. The lowest BCUT2D eigenvalue weighted by molar-refractivity contribution is 0.504. The zero-order valence-electron chi connectivity index (χ0n) is 9.87. The zero-order chi connectivity index (χ0) is 11.8. The lowest BCUT2D eigenvalue weighted by Crippen LogP contribution is -2.23. The molecule has 1 atom stereocenters. The summed E-state index contributed by atoms with van der Waals surface area (Å²) >= 11 is 5.33. The second-order valence-corrected chi connectivity index (χ2v) is 5.61. The third-order valence-corrected chi connectivity index (χ3v) is 4.56. The maximum Gasteiger partial charge on any atom is 0.110 e. The van der Waals surface area contributed by atoms with Crippen molar-refractivity contribution in [3.8, 4) is 0 Å². The average Bonchev–Trinajstić information content (AvgIpc) is 2.31. The van der Waals surface area contributed by atoms with Crippen LogP contribution in [0.3, 0.4) is 0 Å². The predicted molar refractivity (Wildman–Crippen MR) is 75.0 cm³/mol. The Kier molecular flexibility index (Phi) is 7.08. The van der Waals surface area contributed by atoms with Crippen LogP contribution in [0, 0.1) is 0 Å². The van der Waals surface area contributed by atoms with E-state index in [-0.39, 0.29) is 0 Å². The van der Waals surface area contributed by atoms with Gasteiger partial charge in [0.1, 0.15) is 5.03 Å². The molecule has 0 saturated carbocycles. The van der Waals surface area contributed by atoms with Gasteiger partial charge in [-0.25, -0.2) is 4.98 Å². The van der Waals surface area contributed by atoms with E-state index in [1.165, 1.54) is 19.3 Å². The Morgan fingerprint density at radius 1 is 1.56 bits per heavy atom. The van der Waals surface area contributed by atoms with Crippen molar-refractivity contribution >= 4 is 27.7 Å². The van der Waals surface area contributed by atoms with E-state index in [4.69, 9.17) is 0 Å². The molecule has 0 amide bonds. The molecule has 1 rings (SSSR count). The SMILES string of the molecule is CCC(CCCSc1ncccc1Br)NC. The van der Waals surface area contributed by atoms with Crippen LogP contribution in [0.4, 0.5) is 0 Å². The molecular formula is C12H19BrN2S. The van der Waals surface area contributed by atoms with Crippen LogP contribution >= 0.6 is 27.7 Å². The third-order valence-electron chi connectivity index (χ3n) is 2.56. The Bertz CT molecular complexity index is 303. The van der Waals surface area contributed by atoms with Gasteiger partial charge in [-0.15, -0.1) is 11.8 Å². The number of hydrogen-bond donors (Lipinski definition) is 1. The van der Waals surface area contributed by atoms with Crippen molar-refractivity contribution in [2.24, 2.45) is 0 Å². The van der Waals surface area contributed by atoms with Gasteiger partial charge in [0.05, 0.1) is 0 Å². The minimum Gasteiger partial charge on any atom is -0.317 e. The molecule has 4 heteroatoms. The van der Waals surface area contributed by atoms with E-state index in [0.29, 0.717) is 6.04 Å². The Balaban J connectivity index is 2.23. The number of thioether (sulfide) groups is 1. The molecule has 1 heterocycles. The van der Waals surface area contributed by atoms with Crippen LogP contribution < -0.4 is 5.32 Å². The molecule has 0 aliphatic rings. The molecule has 0 aliphatic heterocycles. The highest BCUT2D eigenvalue weighted by Gasteiger charge is 2.04. The highest BCUT2D eigenvalue weighted by Crippen LogP contribution is 2.25. The fraction of sp³-hybridized carbons (Fsp3) is 0.583. The molecule has 0 fully saturated rings. The molecule has 0 aliphatic carbocycles. The summed E-state index contributed by atoms with van der Waals surface area (Å²) in [6.45, 7) is 2.23. The molecule has 0 spiro atoms. The molecule has 0 saturated heterocycles. The Morgan fingerprint density at radius 2 is 2.38 bits per heavy atom. The van der Waals surface area contributed by atoms with Crippen LogP contribution in [0.15, 0.2) is 27.8 Å². The van der Waals surface area contributed by atoms with Crippen LogP contribution in [0.5, 0.6) is 0 Å². The quantitative estimate of drug-likeness (QED) is 0.614. The largest absolute Gasteiger partial charge is 0.317 e. The molecule has 0 bridgehead atoms. The summed E-state index contributed by atoms with van der Waals surface area (Å²) < 4.78 is 1.10. The molecule has 1 N–H and O–H groups in total. The molecule has 16 heavy (non-hydrogen) atoms. The summed E-state index contributed by atoms with van der Waals surface area (Å²) in [4.78, 5) is 4.34. The monoisotopic (exact) mass is 302 g/mol. The summed E-state index contributed by atoms with van der Waals surface area (Å²) in [5.41, 5.74) is 0. The fourth-order valence-electron chi connectivity index (χ4n) is 1.53. The van der Waals surface area contributed by atoms with Crippen LogP contribution in [-0.4, -0.2) is 23.8 Å².